The second-order valence-corrected chi connectivity index (χ2v) is 10.0. The molecular weight excluding hydrogens is 414 g/mol. The Morgan fingerprint density at radius 1 is 1.00 bits per heavy atom. The molecule has 7 nitrogen and oxygen atoms in total. The molecule has 1 saturated heterocycles. The Kier molecular flexibility index (Phi) is 7.81. The highest BCUT2D eigenvalue weighted by Crippen LogP contribution is 2.23. The molecule has 2 N–H and O–H groups in total. The third-order valence-electron chi connectivity index (χ3n) is 5.29. The van der Waals surface area contributed by atoms with Gasteiger partial charge in [-0.05, 0) is 29.7 Å². The molecule has 2 aromatic rings. The van der Waals surface area contributed by atoms with Crippen LogP contribution in [0.25, 0.3) is 0 Å². The van der Waals surface area contributed by atoms with Crippen molar-refractivity contribution in [3.8, 4) is 0 Å². The Hall–Kier alpha value is -2.71. The summed E-state index contributed by atoms with van der Waals surface area (Å²) in [6.07, 6.45) is 1.28. The molecule has 2 aromatic carbocycles. The Labute approximate surface area is 183 Å². The second kappa shape index (κ2) is 10.5. The van der Waals surface area contributed by atoms with E-state index in [0.29, 0.717) is 26.1 Å². The maximum Gasteiger partial charge on any atom is 0.242 e. The smallest absolute Gasteiger partial charge is 0.242 e. The van der Waals surface area contributed by atoms with E-state index in [9.17, 15) is 18.0 Å². The summed E-state index contributed by atoms with van der Waals surface area (Å²) in [4.78, 5) is 26.7. The number of rotatable bonds is 8. The van der Waals surface area contributed by atoms with Crippen molar-refractivity contribution in [1.82, 2.24) is 10.2 Å². The molecule has 1 aliphatic heterocycles. The van der Waals surface area contributed by atoms with Crippen molar-refractivity contribution < 1.29 is 18.0 Å². The van der Waals surface area contributed by atoms with Crippen molar-refractivity contribution in [1.29, 1.82) is 0 Å². The van der Waals surface area contributed by atoms with Crippen molar-refractivity contribution in [3.05, 3.63) is 65.7 Å². The number of sulfone groups is 1. The van der Waals surface area contributed by atoms with E-state index in [2.05, 4.69) is 10.6 Å². The topological polar surface area (TPSA) is 95.6 Å². The summed E-state index contributed by atoms with van der Waals surface area (Å²) >= 11 is 0. The van der Waals surface area contributed by atoms with Gasteiger partial charge in [-0.2, -0.15) is 0 Å². The van der Waals surface area contributed by atoms with Gasteiger partial charge in [-0.25, -0.2) is 8.42 Å². The minimum absolute atomic E-state index is 0.0159. The quantitative estimate of drug-likeness (QED) is 0.654. The maximum absolute atomic E-state index is 13.1. The minimum Gasteiger partial charge on any atom is -0.350 e. The van der Waals surface area contributed by atoms with Crippen molar-refractivity contribution in [2.24, 2.45) is 0 Å². The fourth-order valence-corrected chi connectivity index (χ4v) is 4.82. The first-order valence-electron chi connectivity index (χ1n) is 10.5. The number of hydrogen-bond acceptors (Lipinski definition) is 5. The molecule has 166 valence electrons. The lowest BCUT2D eigenvalue weighted by molar-refractivity contribution is -0.126. The van der Waals surface area contributed by atoms with Gasteiger partial charge in [-0.3, -0.25) is 14.5 Å². The van der Waals surface area contributed by atoms with Gasteiger partial charge in [0.2, 0.25) is 11.8 Å². The molecule has 0 radical (unpaired) electrons. The van der Waals surface area contributed by atoms with Gasteiger partial charge in [0.05, 0.1) is 11.5 Å². The van der Waals surface area contributed by atoms with Crippen LogP contribution in [0.15, 0.2) is 54.6 Å². The highest BCUT2D eigenvalue weighted by Gasteiger charge is 2.32. The highest BCUT2D eigenvalue weighted by molar-refractivity contribution is 7.91. The lowest BCUT2D eigenvalue weighted by Gasteiger charge is -2.33. The van der Waals surface area contributed by atoms with Crippen LogP contribution in [0.5, 0.6) is 0 Å². The molecule has 1 unspecified atom stereocenters. The molecule has 31 heavy (non-hydrogen) atoms. The summed E-state index contributed by atoms with van der Waals surface area (Å²) in [6.45, 7) is 2.97. The average Bonchev–Trinajstić information content (AvgIpc) is 2.75. The monoisotopic (exact) mass is 443 g/mol. The van der Waals surface area contributed by atoms with E-state index in [1.807, 2.05) is 66.4 Å². The van der Waals surface area contributed by atoms with Crippen LogP contribution in [0.2, 0.25) is 0 Å². The molecule has 1 aliphatic rings. The molecule has 2 amide bonds. The number of nitrogens with one attached hydrogen (secondary N) is 2. The zero-order chi connectivity index (χ0) is 22.3. The Balaban J connectivity index is 1.65. The van der Waals surface area contributed by atoms with Gasteiger partial charge in [0.1, 0.15) is 6.04 Å². The molecule has 0 bridgehead atoms. The van der Waals surface area contributed by atoms with Gasteiger partial charge >= 0.3 is 0 Å². The van der Waals surface area contributed by atoms with Crippen LogP contribution < -0.4 is 10.6 Å². The predicted octanol–water partition coefficient (Wildman–Crippen LogP) is 2.51. The Morgan fingerprint density at radius 2 is 1.65 bits per heavy atom. The van der Waals surface area contributed by atoms with E-state index in [4.69, 9.17) is 0 Å². The largest absolute Gasteiger partial charge is 0.350 e. The van der Waals surface area contributed by atoms with E-state index in [0.717, 1.165) is 23.2 Å². The van der Waals surface area contributed by atoms with E-state index in [-0.39, 0.29) is 23.3 Å². The first kappa shape index (κ1) is 23.0. The third kappa shape index (κ3) is 6.63. The van der Waals surface area contributed by atoms with Crippen molar-refractivity contribution >= 4 is 27.3 Å². The number of carbonyl (C=O) groups excluding carboxylic acids is 2. The number of carbonyl (C=O) groups is 2. The Bertz CT molecular complexity index is 977. The summed E-state index contributed by atoms with van der Waals surface area (Å²) in [5, 5.41) is 5.82. The summed E-state index contributed by atoms with van der Waals surface area (Å²) in [5.74, 6) is -0.0486. The molecule has 0 aliphatic carbocycles. The number of anilines is 1. The van der Waals surface area contributed by atoms with Crippen LogP contribution in [0.1, 0.15) is 36.9 Å². The predicted molar refractivity (Wildman–Crippen MR) is 121 cm³/mol. The molecule has 8 heteroatoms. The zero-order valence-corrected chi connectivity index (χ0v) is 18.5. The number of amides is 2. The van der Waals surface area contributed by atoms with E-state index < -0.39 is 15.9 Å². The van der Waals surface area contributed by atoms with Gasteiger partial charge in [-0.1, -0.05) is 49.4 Å². The first-order chi connectivity index (χ1) is 14.9. The van der Waals surface area contributed by atoms with E-state index >= 15 is 0 Å². The van der Waals surface area contributed by atoms with Crippen molar-refractivity contribution in [3.63, 3.8) is 0 Å². The van der Waals surface area contributed by atoms with Crippen LogP contribution in [0, 0.1) is 0 Å². The van der Waals surface area contributed by atoms with Crippen LogP contribution in [0.3, 0.4) is 0 Å². The molecule has 0 aromatic heterocycles. The van der Waals surface area contributed by atoms with E-state index in [1.165, 1.54) is 0 Å². The van der Waals surface area contributed by atoms with Crippen LogP contribution in [0.4, 0.5) is 5.69 Å². The molecule has 0 saturated carbocycles. The summed E-state index contributed by atoms with van der Waals surface area (Å²) < 4.78 is 23.6. The lowest BCUT2D eigenvalue weighted by Crippen LogP contribution is -2.47. The number of nitrogens with zero attached hydrogens (tertiary/aromatic N) is 1. The molecular formula is C23H29N3O4S. The summed E-state index contributed by atoms with van der Waals surface area (Å²) in [7, 11) is -3.03. The normalized spacial score (nSPS) is 16.9. The molecule has 0 spiro atoms. The fraction of sp³-hybridized carbons (Fsp3) is 0.391. The van der Waals surface area contributed by atoms with E-state index in [1.54, 1.807) is 0 Å². The van der Waals surface area contributed by atoms with Gasteiger partial charge in [0.15, 0.2) is 9.84 Å². The van der Waals surface area contributed by atoms with Crippen LogP contribution >= 0.6 is 0 Å². The molecule has 1 heterocycles. The number of benzene rings is 2. The van der Waals surface area contributed by atoms with Gasteiger partial charge in [0, 0.05) is 31.7 Å². The SMILES string of the molecule is CCCC(=O)Nc1ccc(CNC(=O)C(c2ccccc2)N2CCS(=O)(=O)CC2)cc1. The summed E-state index contributed by atoms with van der Waals surface area (Å²) in [5.41, 5.74) is 2.48. The van der Waals surface area contributed by atoms with Gasteiger partial charge in [0.25, 0.3) is 0 Å². The van der Waals surface area contributed by atoms with Crippen molar-refractivity contribution in [2.75, 3.05) is 29.9 Å². The van der Waals surface area contributed by atoms with Gasteiger partial charge < -0.3 is 10.6 Å². The third-order valence-corrected chi connectivity index (χ3v) is 6.90. The average molecular weight is 444 g/mol. The fourth-order valence-electron chi connectivity index (χ4n) is 3.59. The maximum atomic E-state index is 13.1. The number of hydrogen-bond donors (Lipinski definition) is 2. The van der Waals surface area contributed by atoms with Crippen LogP contribution in [-0.4, -0.2) is 49.7 Å². The second-order valence-electron chi connectivity index (χ2n) is 7.71. The molecule has 1 atom stereocenters. The molecule has 1 fully saturated rings. The van der Waals surface area contributed by atoms with Crippen molar-refractivity contribution in [2.45, 2.75) is 32.4 Å². The molecule has 3 rings (SSSR count). The Morgan fingerprint density at radius 3 is 2.26 bits per heavy atom. The highest BCUT2D eigenvalue weighted by atomic mass is 32.2. The lowest BCUT2D eigenvalue weighted by atomic mass is 10.0. The minimum atomic E-state index is -3.03. The standard InChI is InChI=1S/C23H29N3O4S/c1-2-6-21(27)25-20-11-9-18(10-12-20)17-24-23(28)22(19-7-4-3-5-8-19)26-13-15-31(29,30)16-14-26/h3-5,7-12,22H,2,6,13-17H2,1H3,(H,24,28)(H,25,27). The summed E-state index contributed by atoms with van der Waals surface area (Å²) in [6, 6.07) is 16.3. The van der Waals surface area contributed by atoms with Gasteiger partial charge in [-0.15, -0.1) is 0 Å². The van der Waals surface area contributed by atoms with Crippen LogP contribution in [-0.2, 0) is 26.0 Å². The first-order valence-corrected chi connectivity index (χ1v) is 12.4. The zero-order valence-electron chi connectivity index (χ0n) is 17.7.